The van der Waals surface area contributed by atoms with Crippen molar-refractivity contribution >= 4 is 5.91 Å². The summed E-state index contributed by atoms with van der Waals surface area (Å²) in [5, 5.41) is 5.94. The minimum atomic E-state index is 0. The Kier molecular flexibility index (Phi) is 18.7. The average Bonchev–Trinajstić information content (AvgIpc) is 2.33. The van der Waals surface area contributed by atoms with Crippen molar-refractivity contribution < 1.29 is 12.4 Å². The van der Waals surface area contributed by atoms with E-state index in [1.165, 1.54) is 0 Å². The molecule has 0 unspecified atom stereocenters. The van der Waals surface area contributed by atoms with Crippen LogP contribution < -0.4 is 10.6 Å². The summed E-state index contributed by atoms with van der Waals surface area (Å²) in [6, 6.07) is 0. The topological polar surface area (TPSA) is 50.4 Å². The molecule has 0 saturated heterocycles. The highest BCUT2D eigenvalue weighted by atomic mass is 16.5. The van der Waals surface area contributed by atoms with E-state index in [-0.39, 0.29) is 8.76 Å². The highest BCUT2D eigenvalue weighted by molar-refractivity contribution is 5.75. The van der Waals surface area contributed by atoms with E-state index >= 15 is 0 Å². The van der Waals surface area contributed by atoms with Gasteiger partial charge in [-0.3, -0.25) is 4.79 Å². The van der Waals surface area contributed by atoms with E-state index in [1.54, 1.807) is 0 Å². The summed E-state index contributed by atoms with van der Waals surface area (Å²) in [4.78, 5) is 11.1. The molecule has 0 aliphatic heterocycles. The Morgan fingerprint density at radius 3 is 2.44 bits per heavy atom. The van der Waals surface area contributed by atoms with E-state index in [2.05, 4.69) is 17.6 Å². The number of ether oxygens (including phenoxy) is 1. The van der Waals surface area contributed by atoms with E-state index in [1.807, 2.05) is 20.8 Å². The predicted octanol–water partition coefficient (Wildman–Crippen LogP) is 2.05. The lowest BCUT2D eigenvalue weighted by Crippen LogP contribution is -2.25. The van der Waals surface area contributed by atoms with E-state index in [0.717, 1.165) is 26.1 Å². The highest BCUT2D eigenvalue weighted by Crippen LogP contribution is 1.83. The van der Waals surface area contributed by atoms with Crippen LogP contribution in [0.25, 0.3) is 0 Å². The van der Waals surface area contributed by atoms with Crippen LogP contribution in [0.15, 0.2) is 0 Å². The van der Waals surface area contributed by atoms with Gasteiger partial charge in [0.1, 0.15) is 0 Å². The molecule has 102 valence electrons. The van der Waals surface area contributed by atoms with E-state index in [9.17, 15) is 4.79 Å². The molecule has 0 heterocycles. The van der Waals surface area contributed by atoms with Crippen LogP contribution in [-0.2, 0) is 9.53 Å². The van der Waals surface area contributed by atoms with Crippen LogP contribution in [0.2, 0.25) is 0 Å². The third-order valence-electron chi connectivity index (χ3n) is 1.72. The molecule has 0 aliphatic carbocycles. The van der Waals surface area contributed by atoms with Crippen LogP contribution in [0.4, 0.5) is 0 Å². The summed E-state index contributed by atoms with van der Waals surface area (Å²) in [6.07, 6.45) is 1.44. The zero-order chi connectivity index (χ0) is 12.6. The molecule has 0 radical (unpaired) electrons. The zero-order valence-electron chi connectivity index (χ0n) is 11.3. The van der Waals surface area contributed by atoms with E-state index in [4.69, 9.17) is 4.74 Å². The molecule has 16 heavy (non-hydrogen) atoms. The van der Waals surface area contributed by atoms with Crippen LogP contribution in [-0.4, -0.2) is 38.8 Å². The Labute approximate surface area is 103 Å². The molecule has 0 fully saturated rings. The van der Waals surface area contributed by atoms with Crippen molar-refractivity contribution in [2.24, 2.45) is 0 Å². The van der Waals surface area contributed by atoms with Gasteiger partial charge in [-0.15, -0.1) is 0 Å². The van der Waals surface area contributed by atoms with Gasteiger partial charge in [0, 0.05) is 22.4 Å². The van der Waals surface area contributed by atoms with Gasteiger partial charge in [-0.25, -0.2) is 0 Å². The van der Waals surface area contributed by atoms with Gasteiger partial charge in [0.2, 0.25) is 5.91 Å². The lowest BCUT2D eigenvalue weighted by molar-refractivity contribution is -0.122. The predicted molar refractivity (Wildman–Crippen MR) is 72.9 cm³/mol. The average molecular weight is 236 g/mol. The number of nitrogens with one attached hydrogen (secondary N) is 2. The summed E-state index contributed by atoms with van der Waals surface area (Å²) in [6.45, 7) is 11.9. The van der Waals surface area contributed by atoms with Crippen LogP contribution in [0.1, 0.15) is 43.4 Å². The monoisotopic (exact) mass is 236 g/mol. The first-order valence-corrected chi connectivity index (χ1v) is 6.36. The van der Waals surface area contributed by atoms with Crippen molar-refractivity contribution in [2.45, 2.75) is 40.5 Å². The first-order valence-electron chi connectivity index (χ1n) is 6.36. The van der Waals surface area contributed by atoms with Crippen molar-refractivity contribution in [3.05, 3.63) is 0 Å². The first kappa shape index (κ1) is 17.8. The van der Waals surface area contributed by atoms with Crippen LogP contribution in [0.5, 0.6) is 0 Å². The smallest absolute Gasteiger partial charge is 0.222 e. The maximum Gasteiger partial charge on any atom is 0.222 e. The van der Waals surface area contributed by atoms with Gasteiger partial charge in [0.25, 0.3) is 0 Å². The fourth-order valence-corrected chi connectivity index (χ4v) is 0.941. The molecular weight excluding hydrogens is 204 g/mol. The van der Waals surface area contributed by atoms with Crippen LogP contribution >= 0.6 is 0 Å². The Hall–Kier alpha value is -0.610. The summed E-state index contributed by atoms with van der Waals surface area (Å²) < 4.78 is 5.26. The number of amides is 1. The molecule has 0 aromatic carbocycles. The molecule has 0 bridgehead atoms. The third-order valence-corrected chi connectivity index (χ3v) is 1.72. The van der Waals surface area contributed by atoms with Crippen LogP contribution in [0.3, 0.4) is 0 Å². The molecule has 4 nitrogen and oxygen atoms in total. The Balaban J connectivity index is -0.000000232. The van der Waals surface area contributed by atoms with Gasteiger partial charge >= 0.3 is 0 Å². The molecule has 0 aliphatic rings. The minimum Gasteiger partial charge on any atom is -0.380 e. The fourth-order valence-electron chi connectivity index (χ4n) is 0.941. The van der Waals surface area contributed by atoms with Gasteiger partial charge in [-0.05, 0) is 13.0 Å². The van der Waals surface area contributed by atoms with Crippen molar-refractivity contribution in [3.63, 3.8) is 0 Å². The SMILES string of the molecule is CC.CCCNC(=O)CCOCCNCC.[HH].[HH]. The second kappa shape index (κ2) is 16.8. The Morgan fingerprint density at radius 2 is 1.88 bits per heavy atom. The van der Waals surface area contributed by atoms with Crippen molar-refractivity contribution in [1.82, 2.24) is 10.6 Å². The van der Waals surface area contributed by atoms with Crippen LogP contribution in [0, 0.1) is 0 Å². The maximum absolute atomic E-state index is 11.1. The number of rotatable bonds is 9. The van der Waals surface area contributed by atoms with Gasteiger partial charge in [-0.2, -0.15) is 0 Å². The van der Waals surface area contributed by atoms with Crippen molar-refractivity contribution in [1.29, 1.82) is 0 Å². The van der Waals surface area contributed by atoms with Gasteiger partial charge in [0.05, 0.1) is 13.2 Å². The number of hydrogen-bond donors (Lipinski definition) is 2. The van der Waals surface area contributed by atoms with E-state index in [0.29, 0.717) is 19.6 Å². The van der Waals surface area contributed by atoms with Gasteiger partial charge in [0.15, 0.2) is 0 Å². The molecule has 1 amide bonds. The molecule has 2 N–H and O–H groups in total. The van der Waals surface area contributed by atoms with Gasteiger partial charge < -0.3 is 15.4 Å². The lowest BCUT2D eigenvalue weighted by atomic mass is 10.4. The lowest BCUT2D eigenvalue weighted by Gasteiger charge is -2.05. The molecule has 0 atom stereocenters. The Bertz CT molecular complexity index is 150. The number of carbonyl (C=O) groups excluding carboxylic acids is 1. The molecular formula is C12H32N2O2. The summed E-state index contributed by atoms with van der Waals surface area (Å²) in [5.41, 5.74) is 0. The standard InChI is InChI=1S/C10H22N2O2.C2H6.2H2/c1-3-6-12-10(13)5-8-14-9-7-11-4-2;1-2;;/h11H,3-9H2,1-2H3,(H,12,13);1-2H3;2*1H. The number of likely N-dealkylation sites (N-methyl/N-ethyl adjacent to an activating group) is 1. The Morgan fingerprint density at radius 1 is 1.19 bits per heavy atom. The molecule has 0 aromatic rings. The minimum absolute atomic E-state index is 0. The third kappa shape index (κ3) is 15.8. The molecule has 4 heteroatoms. The van der Waals surface area contributed by atoms with Crippen molar-refractivity contribution in [2.75, 3.05) is 32.8 Å². The zero-order valence-corrected chi connectivity index (χ0v) is 11.3. The first-order chi connectivity index (χ1) is 7.81. The molecule has 0 rings (SSSR count). The fraction of sp³-hybridized carbons (Fsp3) is 0.917. The van der Waals surface area contributed by atoms with Crippen molar-refractivity contribution in [3.8, 4) is 0 Å². The summed E-state index contributed by atoms with van der Waals surface area (Å²) in [5.74, 6) is 0.0790. The maximum atomic E-state index is 11.1. The quantitative estimate of drug-likeness (QED) is 0.602. The normalized spacial score (nSPS) is 9.25. The number of hydrogen-bond acceptors (Lipinski definition) is 3. The van der Waals surface area contributed by atoms with E-state index < -0.39 is 0 Å². The molecule has 0 aromatic heterocycles. The highest BCUT2D eigenvalue weighted by Gasteiger charge is 1.98. The second-order valence-electron chi connectivity index (χ2n) is 3.07. The second-order valence-corrected chi connectivity index (χ2v) is 3.07. The molecule has 0 spiro atoms. The summed E-state index contributed by atoms with van der Waals surface area (Å²) >= 11 is 0. The summed E-state index contributed by atoms with van der Waals surface area (Å²) in [7, 11) is 0. The number of carbonyl (C=O) groups is 1. The molecule has 0 saturated carbocycles. The largest absolute Gasteiger partial charge is 0.380 e. The van der Waals surface area contributed by atoms with Gasteiger partial charge in [-0.1, -0.05) is 27.7 Å².